The van der Waals surface area contributed by atoms with Crippen molar-refractivity contribution >= 4 is 29.2 Å². The molecule has 0 unspecified atom stereocenters. The highest BCUT2D eigenvalue weighted by atomic mass is 35.5. The molecule has 0 bridgehead atoms. The minimum Gasteiger partial charge on any atom is -0.478 e. The molecule has 1 aromatic heterocycles. The molecule has 0 spiro atoms. The normalized spacial score (nSPS) is 19.0. The molecule has 0 saturated heterocycles. The Labute approximate surface area is 237 Å². The van der Waals surface area contributed by atoms with E-state index in [1.165, 1.54) is 13.0 Å². The van der Waals surface area contributed by atoms with Crippen molar-refractivity contribution in [1.82, 2.24) is 9.78 Å². The maximum atomic E-state index is 16.0. The molecular weight excluding hydrogens is 533 g/mol. The van der Waals surface area contributed by atoms with Crippen molar-refractivity contribution in [2.24, 2.45) is 0 Å². The van der Waals surface area contributed by atoms with Crippen molar-refractivity contribution in [2.75, 3.05) is 4.90 Å². The van der Waals surface area contributed by atoms with E-state index < -0.39 is 22.9 Å². The predicted octanol–water partition coefficient (Wildman–Crippen LogP) is 6.75. The number of aliphatic carboxylic acids is 1. The lowest BCUT2D eigenvalue weighted by Crippen LogP contribution is -2.52. The number of amides is 1. The van der Waals surface area contributed by atoms with Gasteiger partial charge < -0.3 is 9.84 Å². The molecule has 6 rings (SSSR count). The fourth-order valence-electron chi connectivity index (χ4n) is 6.64. The summed E-state index contributed by atoms with van der Waals surface area (Å²) in [6, 6.07) is 11.9. The van der Waals surface area contributed by atoms with Crippen LogP contribution >= 0.6 is 11.6 Å². The van der Waals surface area contributed by atoms with E-state index in [0.29, 0.717) is 30.7 Å². The van der Waals surface area contributed by atoms with Crippen LogP contribution in [0.15, 0.2) is 42.5 Å². The number of hydrogen-bond acceptors (Lipinski definition) is 4. The molecule has 7 nitrogen and oxygen atoms in total. The summed E-state index contributed by atoms with van der Waals surface area (Å²) in [5.41, 5.74) is 2.09. The second-order valence-corrected chi connectivity index (χ2v) is 11.8. The average Bonchev–Trinajstić information content (AvgIpc) is 3.62. The van der Waals surface area contributed by atoms with Gasteiger partial charge in [-0.2, -0.15) is 5.10 Å². The van der Waals surface area contributed by atoms with Crippen molar-refractivity contribution in [3.8, 4) is 11.4 Å². The molecule has 1 heterocycles. The van der Waals surface area contributed by atoms with E-state index in [9.17, 15) is 14.7 Å². The Hall–Kier alpha value is -3.39. The topological polar surface area (TPSA) is 84.7 Å². The smallest absolute Gasteiger partial charge is 0.348 e. The number of carboxylic acids is 1. The molecule has 3 aliphatic carbocycles. The number of halogens is 2. The number of aryl methyl sites for hydroxylation is 1. The zero-order valence-electron chi connectivity index (χ0n) is 22.6. The lowest BCUT2D eigenvalue weighted by molar-refractivity contribution is -0.147. The summed E-state index contributed by atoms with van der Waals surface area (Å²) in [4.78, 5) is 26.8. The number of ether oxygens (including phenoxy) is 1. The molecule has 2 fully saturated rings. The van der Waals surface area contributed by atoms with Crippen LogP contribution in [0.4, 0.5) is 10.1 Å². The number of rotatable bonds is 7. The molecule has 2 saturated carbocycles. The first kappa shape index (κ1) is 26.8. The van der Waals surface area contributed by atoms with E-state index in [-0.39, 0.29) is 17.3 Å². The van der Waals surface area contributed by atoms with E-state index >= 15 is 4.39 Å². The number of benzene rings is 2. The summed E-state index contributed by atoms with van der Waals surface area (Å²) < 4.78 is 23.6. The van der Waals surface area contributed by atoms with Gasteiger partial charge in [-0.1, -0.05) is 30.9 Å². The summed E-state index contributed by atoms with van der Waals surface area (Å²) in [6.07, 6.45) is 8.77. The average molecular weight is 566 g/mol. The van der Waals surface area contributed by atoms with Gasteiger partial charge in [0.25, 0.3) is 0 Å². The fraction of sp³-hybridized carbons (Fsp3) is 0.452. The van der Waals surface area contributed by atoms with Crippen LogP contribution in [0.1, 0.15) is 81.7 Å². The van der Waals surface area contributed by atoms with Gasteiger partial charge >= 0.3 is 5.97 Å². The molecule has 0 radical (unpaired) electrons. The Morgan fingerprint density at radius 3 is 2.33 bits per heavy atom. The van der Waals surface area contributed by atoms with Gasteiger partial charge in [0.15, 0.2) is 5.82 Å². The lowest BCUT2D eigenvalue weighted by atomic mass is 9.74. The molecule has 1 N–H and O–H groups in total. The maximum absolute atomic E-state index is 16.0. The number of carbonyl (C=O) groups excluding carboxylic acids is 1. The number of nitrogens with zero attached hydrogens (tertiary/aromatic N) is 3. The Morgan fingerprint density at radius 1 is 1.00 bits per heavy atom. The molecule has 40 heavy (non-hydrogen) atoms. The minimum absolute atomic E-state index is 0.144. The highest BCUT2D eigenvalue weighted by molar-refractivity contribution is 6.30. The molecule has 1 amide bonds. The molecule has 2 aromatic carbocycles. The van der Waals surface area contributed by atoms with Gasteiger partial charge in [-0.3, -0.25) is 9.69 Å². The zero-order chi connectivity index (χ0) is 28.1. The first-order chi connectivity index (χ1) is 19.2. The van der Waals surface area contributed by atoms with Crippen molar-refractivity contribution in [1.29, 1.82) is 0 Å². The minimum atomic E-state index is -1.29. The first-order valence-electron chi connectivity index (χ1n) is 14.1. The van der Waals surface area contributed by atoms with E-state index in [1.807, 2.05) is 28.9 Å². The second-order valence-electron chi connectivity index (χ2n) is 11.3. The van der Waals surface area contributed by atoms with Crippen LogP contribution < -0.4 is 9.64 Å². The lowest BCUT2D eigenvalue weighted by Gasteiger charge is -2.47. The van der Waals surface area contributed by atoms with Gasteiger partial charge in [0.05, 0.1) is 28.3 Å². The van der Waals surface area contributed by atoms with Crippen molar-refractivity contribution in [2.45, 2.75) is 88.7 Å². The number of carbonyl (C=O) groups is 2. The molecule has 3 aliphatic rings. The van der Waals surface area contributed by atoms with Gasteiger partial charge in [-0.05, 0) is 80.5 Å². The van der Waals surface area contributed by atoms with Crippen molar-refractivity contribution < 1.29 is 23.8 Å². The SMILES string of the molecule is CC(=O)N(c1ccc(OC2(C(=O)O)CC2)cc1F)C1(c2c3c(nn2-c2ccc(Cl)cc2)CCCC3)CCCCC1. The van der Waals surface area contributed by atoms with Crippen molar-refractivity contribution in [3.05, 3.63) is 70.3 Å². The van der Waals surface area contributed by atoms with Crippen LogP contribution in [0.5, 0.6) is 5.75 Å². The van der Waals surface area contributed by atoms with E-state index in [1.54, 1.807) is 17.0 Å². The fourth-order valence-corrected chi connectivity index (χ4v) is 6.76. The highest BCUT2D eigenvalue weighted by Gasteiger charge is 2.54. The van der Waals surface area contributed by atoms with Crippen LogP contribution in [0.3, 0.4) is 0 Å². The third kappa shape index (κ3) is 4.56. The van der Waals surface area contributed by atoms with Crippen LogP contribution in [0.25, 0.3) is 5.69 Å². The molecule has 0 aliphatic heterocycles. The number of hydrogen-bond donors (Lipinski definition) is 1. The molecular formula is C31H33ClFN3O4. The highest BCUT2D eigenvalue weighted by Crippen LogP contribution is 2.49. The Balaban J connectivity index is 1.50. The van der Waals surface area contributed by atoms with E-state index in [2.05, 4.69) is 0 Å². The van der Waals surface area contributed by atoms with Crippen LogP contribution in [-0.4, -0.2) is 32.4 Å². The van der Waals surface area contributed by atoms with Gasteiger partial charge in [0.2, 0.25) is 11.5 Å². The largest absolute Gasteiger partial charge is 0.478 e. The quantitative estimate of drug-likeness (QED) is 0.342. The van der Waals surface area contributed by atoms with E-state index in [4.69, 9.17) is 21.4 Å². The summed E-state index contributed by atoms with van der Waals surface area (Å²) in [5, 5.41) is 15.2. The Bertz CT molecular complexity index is 1460. The number of anilines is 1. The summed E-state index contributed by atoms with van der Waals surface area (Å²) in [6.45, 7) is 1.49. The monoisotopic (exact) mass is 565 g/mol. The third-order valence-electron chi connectivity index (χ3n) is 8.66. The van der Waals surface area contributed by atoms with Crippen LogP contribution in [-0.2, 0) is 28.0 Å². The Kier molecular flexibility index (Phi) is 6.85. The molecule has 9 heteroatoms. The number of carboxylic acid groups (broad SMARTS) is 1. The second kappa shape index (κ2) is 10.2. The maximum Gasteiger partial charge on any atom is 0.348 e. The molecule has 0 atom stereocenters. The molecule has 3 aromatic rings. The molecule has 210 valence electrons. The first-order valence-corrected chi connectivity index (χ1v) is 14.5. The summed E-state index contributed by atoms with van der Waals surface area (Å²) in [5.74, 6) is -1.79. The summed E-state index contributed by atoms with van der Waals surface area (Å²) in [7, 11) is 0. The van der Waals surface area contributed by atoms with E-state index in [0.717, 1.165) is 67.6 Å². The van der Waals surface area contributed by atoms with Crippen LogP contribution in [0, 0.1) is 5.82 Å². The van der Waals surface area contributed by atoms with Gasteiger partial charge in [-0.25, -0.2) is 13.9 Å². The summed E-state index contributed by atoms with van der Waals surface area (Å²) >= 11 is 6.21. The predicted molar refractivity (Wildman–Crippen MR) is 150 cm³/mol. The van der Waals surface area contributed by atoms with Crippen molar-refractivity contribution in [3.63, 3.8) is 0 Å². The van der Waals surface area contributed by atoms with Gasteiger partial charge in [0, 0.05) is 30.9 Å². The van der Waals surface area contributed by atoms with Crippen LogP contribution in [0.2, 0.25) is 5.02 Å². The number of aromatic nitrogens is 2. The standard InChI is InChI=1S/C31H33ClFN3O4/c1-20(37)35(27-14-13-23(19-25(27)33)40-31(17-18-31)29(38)39)30(15-5-2-6-16-30)28-24-7-3-4-8-26(24)34-36(28)22-11-9-21(32)10-12-22/h9-14,19H,2-8,15-18H2,1H3,(H,38,39). The zero-order valence-corrected chi connectivity index (χ0v) is 23.3. The number of fused-ring (bicyclic) bond motifs is 1. The third-order valence-corrected chi connectivity index (χ3v) is 8.91. The Morgan fingerprint density at radius 2 is 1.70 bits per heavy atom. The van der Waals surface area contributed by atoms with Gasteiger partial charge in [-0.15, -0.1) is 0 Å². The van der Waals surface area contributed by atoms with Gasteiger partial charge in [0.1, 0.15) is 5.75 Å².